The molecule has 30 heavy (non-hydrogen) atoms. The highest BCUT2D eigenvalue weighted by Gasteiger charge is 2.24. The van der Waals surface area contributed by atoms with E-state index in [1.165, 1.54) is 0 Å². The summed E-state index contributed by atoms with van der Waals surface area (Å²) in [5.41, 5.74) is 3.50. The Morgan fingerprint density at radius 2 is 1.37 bits per heavy atom. The smallest absolute Gasteiger partial charge is 0.326 e. The SMILES string of the molecule is Cc1cccc(C)c1C[C@@H](NC(=O)c1c2ccccc2cc2ccccc12)C(=O)O. The Bertz CT molecular complexity index is 1200. The summed E-state index contributed by atoms with van der Waals surface area (Å²) >= 11 is 0. The number of hydrogen-bond acceptors (Lipinski definition) is 2. The van der Waals surface area contributed by atoms with Gasteiger partial charge in [0.2, 0.25) is 0 Å². The first-order chi connectivity index (χ1) is 14.5. The Hall–Kier alpha value is -3.66. The molecule has 0 saturated heterocycles. The highest BCUT2D eigenvalue weighted by molar-refractivity contribution is 6.18. The van der Waals surface area contributed by atoms with E-state index in [1.807, 2.05) is 86.6 Å². The van der Waals surface area contributed by atoms with E-state index in [9.17, 15) is 14.7 Å². The molecular formula is C26H23NO3. The fraction of sp³-hybridized carbons (Fsp3) is 0.154. The normalized spacial score (nSPS) is 12.1. The van der Waals surface area contributed by atoms with Crippen LogP contribution in [0.4, 0.5) is 0 Å². The molecule has 0 radical (unpaired) electrons. The number of carboxylic acids is 1. The predicted molar refractivity (Wildman–Crippen MR) is 120 cm³/mol. The molecule has 4 heteroatoms. The lowest BCUT2D eigenvalue weighted by atomic mass is 9.94. The highest BCUT2D eigenvalue weighted by atomic mass is 16.4. The van der Waals surface area contributed by atoms with Crippen LogP contribution in [0.15, 0.2) is 72.8 Å². The summed E-state index contributed by atoms with van der Waals surface area (Å²) in [5.74, 6) is -1.42. The van der Waals surface area contributed by atoms with E-state index in [1.54, 1.807) is 0 Å². The number of fused-ring (bicyclic) bond motifs is 2. The number of hydrogen-bond donors (Lipinski definition) is 2. The molecule has 0 unspecified atom stereocenters. The molecular weight excluding hydrogens is 374 g/mol. The fourth-order valence-corrected chi connectivity index (χ4v) is 4.06. The number of carboxylic acid groups (broad SMARTS) is 1. The Labute approximate surface area is 175 Å². The summed E-state index contributed by atoms with van der Waals surface area (Å²) in [6, 6.07) is 22.3. The van der Waals surface area contributed by atoms with Crippen molar-refractivity contribution in [3.63, 3.8) is 0 Å². The molecule has 2 N–H and O–H groups in total. The van der Waals surface area contributed by atoms with Gasteiger partial charge in [-0.2, -0.15) is 0 Å². The van der Waals surface area contributed by atoms with Crippen molar-refractivity contribution in [2.45, 2.75) is 26.3 Å². The van der Waals surface area contributed by atoms with Crippen LogP contribution >= 0.6 is 0 Å². The number of aliphatic carboxylic acids is 1. The van der Waals surface area contributed by atoms with Crippen molar-refractivity contribution in [1.29, 1.82) is 0 Å². The van der Waals surface area contributed by atoms with Crippen molar-refractivity contribution in [2.75, 3.05) is 0 Å². The maximum absolute atomic E-state index is 13.4. The lowest BCUT2D eigenvalue weighted by Crippen LogP contribution is -2.42. The van der Waals surface area contributed by atoms with Crippen molar-refractivity contribution in [1.82, 2.24) is 5.32 Å². The van der Waals surface area contributed by atoms with Gasteiger partial charge in [0.15, 0.2) is 0 Å². The van der Waals surface area contributed by atoms with Crippen LogP contribution < -0.4 is 5.32 Å². The Morgan fingerprint density at radius 1 is 0.833 bits per heavy atom. The van der Waals surface area contributed by atoms with Crippen LogP contribution in [0.1, 0.15) is 27.0 Å². The second-order valence-electron chi connectivity index (χ2n) is 7.63. The average molecular weight is 397 g/mol. The van der Waals surface area contributed by atoms with E-state index in [2.05, 4.69) is 5.32 Å². The van der Waals surface area contributed by atoms with Crippen molar-refractivity contribution < 1.29 is 14.7 Å². The molecule has 0 spiro atoms. The molecule has 0 heterocycles. The number of rotatable bonds is 5. The molecule has 4 rings (SSSR count). The monoisotopic (exact) mass is 397 g/mol. The summed E-state index contributed by atoms with van der Waals surface area (Å²) in [5, 5.41) is 16.1. The van der Waals surface area contributed by atoms with Gasteiger partial charge in [0.1, 0.15) is 6.04 Å². The summed E-state index contributed by atoms with van der Waals surface area (Å²) in [6.45, 7) is 3.92. The molecule has 0 aliphatic carbocycles. The summed E-state index contributed by atoms with van der Waals surface area (Å²) < 4.78 is 0. The van der Waals surface area contributed by atoms with Crippen molar-refractivity contribution >= 4 is 33.4 Å². The lowest BCUT2D eigenvalue weighted by Gasteiger charge is -2.19. The molecule has 0 aliphatic heterocycles. The van der Waals surface area contributed by atoms with Crippen LogP contribution in [0.3, 0.4) is 0 Å². The minimum Gasteiger partial charge on any atom is -0.480 e. The second kappa shape index (κ2) is 7.99. The first kappa shape index (κ1) is 19.6. The van der Waals surface area contributed by atoms with Crippen LogP contribution in [-0.2, 0) is 11.2 Å². The standard InChI is InChI=1S/C26H23NO3/c1-16-8-7-9-17(2)22(16)15-23(26(29)30)27-25(28)24-20-12-5-3-10-18(20)14-19-11-4-6-13-21(19)24/h3-14,23H,15H2,1-2H3,(H,27,28)(H,29,30)/t23-/m1/s1. The third kappa shape index (κ3) is 3.64. The number of benzene rings is 4. The molecule has 1 atom stereocenters. The summed E-state index contributed by atoms with van der Waals surface area (Å²) in [7, 11) is 0. The summed E-state index contributed by atoms with van der Waals surface area (Å²) in [4.78, 5) is 25.4. The van der Waals surface area contributed by atoms with Gasteiger partial charge in [-0.1, -0.05) is 66.7 Å². The van der Waals surface area contributed by atoms with Gasteiger partial charge in [-0.25, -0.2) is 4.79 Å². The zero-order valence-corrected chi connectivity index (χ0v) is 17.0. The predicted octanol–water partition coefficient (Wildman–Crippen LogP) is 5.04. The van der Waals surface area contributed by atoms with Crippen LogP contribution in [-0.4, -0.2) is 23.0 Å². The van der Waals surface area contributed by atoms with Crippen LogP contribution in [0.5, 0.6) is 0 Å². The van der Waals surface area contributed by atoms with Gasteiger partial charge >= 0.3 is 5.97 Å². The molecule has 1 amide bonds. The molecule has 4 aromatic carbocycles. The van der Waals surface area contributed by atoms with Gasteiger partial charge in [0.05, 0.1) is 5.56 Å². The molecule has 4 nitrogen and oxygen atoms in total. The highest BCUT2D eigenvalue weighted by Crippen LogP contribution is 2.28. The van der Waals surface area contributed by atoms with Gasteiger partial charge in [0.25, 0.3) is 5.91 Å². The number of amides is 1. The second-order valence-corrected chi connectivity index (χ2v) is 7.63. The zero-order chi connectivity index (χ0) is 21.3. The maximum Gasteiger partial charge on any atom is 0.326 e. The summed E-state index contributed by atoms with van der Waals surface area (Å²) in [6.07, 6.45) is 0.238. The van der Waals surface area contributed by atoms with E-state index in [4.69, 9.17) is 0 Å². The van der Waals surface area contributed by atoms with Gasteiger partial charge in [-0.15, -0.1) is 0 Å². The van der Waals surface area contributed by atoms with Crippen molar-refractivity contribution in [2.24, 2.45) is 0 Å². The molecule has 0 aromatic heterocycles. The van der Waals surface area contributed by atoms with Gasteiger partial charge < -0.3 is 10.4 Å². The first-order valence-electron chi connectivity index (χ1n) is 9.95. The Kier molecular flexibility index (Phi) is 5.23. The van der Waals surface area contributed by atoms with Gasteiger partial charge in [-0.3, -0.25) is 4.79 Å². The number of carbonyl (C=O) groups excluding carboxylic acids is 1. The quantitative estimate of drug-likeness (QED) is 0.464. The zero-order valence-electron chi connectivity index (χ0n) is 17.0. The third-order valence-corrected chi connectivity index (χ3v) is 5.65. The molecule has 0 saturated carbocycles. The van der Waals surface area contributed by atoms with E-state index in [0.29, 0.717) is 5.56 Å². The molecule has 0 bridgehead atoms. The minimum atomic E-state index is -1.05. The Morgan fingerprint density at radius 3 is 1.90 bits per heavy atom. The van der Waals surface area contributed by atoms with Gasteiger partial charge in [0, 0.05) is 6.42 Å². The fourth-order valence-electron chi connectivity index (χ4n) is 4.06. The maximum atomic E-state index is 13.4. The number of carbonyl (C=O) groups is 2. The van der Waals surface area contributed by atoms with E-state index < -0.39 is 12.0 Å². The van der Waals surface area contributed by atoms with Crippen LogP contribution in [0.25, 0.3) is 21.5 Å². The van der Waals surface area contributed by atoms with Crippen LogP contribution in [0, 0.1) is 13.8 Å². The van der Waals surface area contributed by atoms with Gasteiger partial charge in [-0.05, 0) is 58.1 Å². The largest absolute Gasteiger partial charge is 0.480 e. The van der Waals surface area contributed by atoms with Crippen molar-refractivity contribution in [3.05, 3.63) is 95.1 Å². The third-order valence-electron chi connectivity index (χ3n) is 5.65. The molecule has 4 aromatic rings. The Balaban J connectivity index is 1.76. The topological polar surface area (TPSA) is 66.4 Å². The average Bonchev–Trinajstić information content (AvgIpc) is 2.73. The number of nitrogens with one attached hydrogen (secondary N) is 1. The van der Waals surface area contributed by atoms with Crippen molar-refractivity contribution in [3.8, 4) is 0 Å². The molecule has 0 aliphatic rings. The van der Waals surface area contributed by atoms with E-state index >= 15 is 0 Å². The first-order valence-corrected chi connectivity index (χ1v) is 9.95. The minimum absolute atomic E-state index is 0.238. The van der Waals surface area contributed by atoms with E-state index in [-0.39, 0.29) is 12.3 Å². The lowest BCUT2D eigenvalue weighted by molar-refractivity contribution is -0.139. The van der Waals surface area contributed by atoms with Crippen LogP contribution in [0.2, 0.25) is 0 Å². The molecule has 0 fully saturated rings. The van der Waals surface area contributed by atoms with E-state index in [0.717, 1.165) is 38.2 Å². The molecule has 150 valence electrons. The number of aryl methyl sites for hydroxylation is 2.